The smallest absolute Gasteiger partial charge is 0.145 e. The number of rotatable bonds is 5. The van der Waals surface area contributed by atoms with Crippen LogP contribution in [0.2, 0.25) is 0 Å². The van der Waals surface area contributed by atoms with Gasteiger partial charge in [0.05, 0.1) is 27.8 Å². The normalized spacial score (nSPS) is 12.0. The monoisotopic (exact) mass is 767 g/mol. The molecule has 4 heterocycles. The number of benzene rings is 9. The molecule has 0 aliphatic carbocycles. The van der Waals surface area contributed by atoms with E-state index in [1.54, 1.807) is 0 Å². The Labute approximate surface area is 343 Å². The fourth-order valence-corrected chi connectivity index (χ4v) is 9.33. The molecule has 0 amide bonds. The summed E-state index contributed by atoms with van der Waals surface area (Å²) < 4.78 is 17.2. The van der Waals surface area contributed by atoms with Crippen LogP contribution in [-0.2, 0) is 0 Å². The zero-order chi connectivity index (χ0) is 39.3. The highest BCUT2D eigenvalue weighted by atomic mass is 16.3. The molecule has 0 spiro atoms. The van der Waals surface area contributed by atoms with E-state index in [0.29, 0.717) is 0 Å². The van der Waals surface area contributed by atoms with Crippen molar-refractivity contribution in [3.8, 4) is 45.0 Å². The van der Waals surface area contributed by atoms with Crippen LogP contribution in [0, 0.1) is 0 Å². The highest BCUT2D eigenvalue weighted by molar-refractivity contribution is 6.12. The molecule has 5 heteroatoms. The molecule has 0 N–H and O–H groups in total. The van der Waals surface area contributed by atoms with E-state index in [2.05, 4.69) is 185 Å². The van der Waals surface area contributed by atoms with Crippen LogP contribution in [0.15, 0.2) is 209 Å². The fraction of sp³-hybridized carbons (Fsp3) is 0. The molecule has 0 radical (unpaired) electrons. The minimum Gasteiger partial charge on any atom is -0.456 e. The molecule has 0 fully saturated rings. The largest absolute Gasteiger partial charge is 0.456 e. The Morgan fingerprint density at radius 3 is 1.50 bits per heavy atom. The maximum Gasteiger partial charge on any atom is 0.145 e. The van der Waals surface area contributed by atoms with Crippen molar-refractivity contribution in [3.63, 3.8) is 0 Å². The second-order valence-electron chi connectivity index (χ2n) is 15.6. The standard InChI is InChI=1S/C55H33N3O2/c1-2-12-34(13-3-1)55-56-47-17-7-9-19-50(47)58(55)40-29-38(37-24-27-54-46(32-37)43-16-6-11-21-52(43)60-54)28-39(33-40)57-48-18-8-4-14-41(48)44-30-35(22-25-49(44)57)36-23-26-53-45(31-36)42-15-5-10-20-51(42)59-53/h1-33H. The van der Waals surface area contributed by atoms with Gasteiger partial charge in [-0.2, -0.15) is 0 Å². The molecule has 13 rings (SSSR count). The third kappa shape index (κ3) is 4.96. The number of aromatic nitrogens is 3. The molecule has 5 nitrogen and oxygen atoms in total. The Morgan fingerprint density at radius 1 is 0.300 bits per heavy atom. The summed E-state index contributed by atoms with van der Waals surface area (Å²) >= 11 is 0. The van der Waals surface area contributed by atoms with E-state index >= 15 is 0 Å². The number of furan rings is 2. The maximum absolute atomic E-state index is 6.27. The number of imidazole rings is 1. The van der Waals surface area contributed by atoms with Gasteiger partial charge in [-0.3, -0.25) is 4.57 Å². The first-order valence-corrected chi connectivity index (χ1v) is 20.3. The van der Waals surface area contributed by atoms with Crippen molar-refractivity contribution < 1.29 is 8.83 Å². The van der Waals surface area contributed by atoms with Gasteiger partial charge in [-0.1, -0.05) is 115 Å². The Balaban J connectivity index is 1.07. The number of para-hydroxylation sites is 5. The third-order valence-electron chi connectivity index (χ3n) is 12.1. The van der Waals surface area contributed by atoms with Crippen molar-refractivity contribution in [2.45, 2.75) is 0 Å². The molecule has 60 heavy (non-hydrogen) atoms. The lowest BCUT2D eigenvalue weighted by Gasteiger charge is -2.16. The lowest BCUT2D eigenvalue weighted by molar-refractivity contribution is 0.668. The van der Waals surface area contributed by atoms with Gasteiger partial charge in [0.15, 0.2) is 0 Å². The first-order chi connectivity index (χ1) is 29.7. The van der Waals surface area contributed by atoms with Crippen LogP contribution < -0.4 is 0 Å². The van der Waals surface area contributed by atoms with Crippen LogP contribution in [0.3, 0.4) is 0 Å². The van der Waals surface area contributed by atoms with E-state index in [-0.39, 0.29) is 0 Å². The highest BCUT2D eigenvalue weighted by Crippen LogP contribution is 2.40. The number of hydrogen-bond acceptors (Lipinski definition) is 3. The third-order valence-corrected chi connectivity index (χ3v) is 12.1. The van der Waals surface area contributed by atoms with Gasteiger partial charge in [0.1, 0.15) is 28.2 Å². The van der Waals surface area contributed by atoms with Crippen LogP contribution >= 0.6 is 0 Å². The summed E-state index contributed by atoms with van der Waals surface area (Å²) in [4.78, 5) is 5.23. The van der Waals surface area contributed by atoms with Gasteiger partial charge in [0.2, 0.25) is 0 Å². The summed E-state index contributed by atoms with van der Waals surface area (Å²) in [7, 11) is 0. The summed E-state index contributed by atoms with van der Waals surface area (Å²) in [6, 6.07) is 71.0. The minimum atomic E-state index is 0.876. The molecule has 4 aromatic heterocycles. The Morgan fingerprint density at radius 2 is 0.800 bits per heavy atom. The van der Waals surface area contributed by atoms with Crippen molar-refractivity contribution in [2.24, 2.45) is 0 Å². The summed E-state index contributed by atoms with van der Waals surface area (Å²) in [5, 5.41) is 6.84. The van der Waals surface area contributed by atoms with Gasteiger partial charge in [0.25, 0.3) is 0 Å². The van der Waals surface area contributed by atoms with Crippen LogP contribution in [0.25, 0.3) is 122 Å². The SMILES string of the molecule is c1ccc(-c2nc3ccccc3n2-c2cc(-c3ccc4oc5ccccc5c4c3)cc(-n3c4ccccc4c4cc(-c5ccc6oc7ccccc7c6c5)ccc43)c2)cc1. The molecule has 0 bridgehead atoms. The Kier molecular flexibility index (Phi) is 6.95. The molecule has 0 saturated heterocycles. The highest BCUT2D eigenvalue weighted by Gasteiger charge is 2.20. The van der Waals surface area contributed by atoms with Crippen LogP contribution in [0.5, 0.6) is 0 Å². The lowest BCUT2D eigenvalue weighted by Crippen LogP contribution is -2.02. The molecule has 0 saturated carbocycles. The van der Waals surface area contributed by atoms with E-state index in [1.807, 2.05) is 24.3 Å². The molecule has 0 aliphatic rings. The van der Waals surface area contributed by atoms with Crippen LogP contribution in [0.4, 0.5) is 0 Å². The van der Waals surface area contributed by atoms with Crippen LogP contribution in [0.1, 0.15) is 0 Å². The molecule has 9 aromatic carbocycles. The van der Waals surface area contributed by atoms with E-state index in [1.165, 1.54) is 10.8 Å². The molecule has 0 unspecified atom stereocenters. The zero-order valence-corrected chi connectivity index (χ0v) is 32.2. The zero-order valence-electron chi connectivity index (χ0n) is 32.2. The molecular weight excluding hydrogens is 735 g/mol. The number of fused-ring (bicyclic) bond motifs is 10. The molecule has 13 aromatic rings. The topological polar surface area (TPSA) is 49.0 Å². The second-order valence-corrected chi connectivity index (χ2v) is 15.6. The molecule has 0 aliphatic heterocycles. The molecule has 280 valence electrons. The van der Waals surface area contributed by atoms with Crippen molar-refractivity contribution in [1.82, 2.24) is 14.1 Å². The quantitative estimate of drug-likeness (QED) is 0.175. The fourth-order valence-electron chi connectivity index (χ4n) is 9.33. The van der Waals surface area contributed by atoms with Gasteiger partial charge < -0.3 is 13.4 Å². The predicted octanol–water partition coefficient (Wildman–Crippen LogP) is 14.9. The Bertz CT molecular complexity index is 3840. The van der Waals surface area contributed by atoms with Gasteiger partial charge in [-0.15, -0.1) is 0 Å². The second kappa shape index (κ2) is 12.7. The summed E-state index contributed by atoms with van der Waals surface area (Å²) in [5.41, 5.74) is 15.5. The van der Waals surface area contributed by atoms with Crippen molar-refractivity contribution >= 4 is 76.7 Å². The van der Waals surface area contributed by atoms with Gasteiger partial charge in [-0.05, 0) is 107 Å². The van der Waals surface area contributed by atoms with E-state index < -0.39 is 0 Å². The first-order valence-electron chi connectivity index (χ1n) is 20.3. The predicted molar refractivity (Wildman–Crippen MR) is 246 cm³/mol. The minimum absolute atomic E-state index is 0.876. The van der Waals surface area contributed by atoms with Crippen molar-refractivity contribution in [2.75, 3.05) is 0 Å². The van der Waals surface area contributed by atoms with Crippen LogP contribution in [-0.4, -0.2) is 14.1 Å². The van der Waals surface area contributed by atoms with Gasteiger partial charge >= 0.3 is 0 Å². The number of hydrogen-bond donors (Lipinski definition) is 0. The Hall–Kier alpha value is -8.15. The number of nitrogens with zero attached hydrogens (tertiary/aromatic N) is 3. The maximum atomic E-state index is 6.27. The first kappa shape index (κ1) is 32.9. The summed E-state index contributed by atoms with van der Waals surface area (Å²) in [5.74, 6) is 0.894. The van der Waals surface area contributed by atoms with E-state index in [9.17, 15) is 0 Å². The summed E-state index contributed by atoms with van der Waals surface area (Å²) in [6.07, 6.45) is 0. The molecular formula is C55H33N3O2. The van der Waals surface area contributed by atoms with Crippen molar-refractivity contribution in [1.29, 1.82) is 0 Å². The summed E-state index contributed by atoms with van der Waals surface area (Å²) in [6.45, 7) is 0. The van der Waals surface area contributed by atoms with Crippen molar-refractivity contribution in [3.05, 3.63) is 200 Å². The van der Waals surface area contributed by atoms with E-state index in [4.69, 9.17) is 13.8 Å². The average molecular weight is 768 g/mol. The average Bonchev–Trinajstić information content (AvgIpc) is 4.07. The van der Waals surface area contributed by atoms with Gasteiger partial charge in [0, 0.05) is 43.6 Å². The molecule has 0 atom stereocenters. The van der Waals surface area contributed by atoms with Gasteiger partial charge in [-0.25, -0.2) is 4.98 Å². The van der Waals surface area contributed by atoms with E-state index in [0.717, 1.165) is 111 Å². The lowest BCUT2D eigenvalue weighted by atomic mass is 10.0.